The molecule has 35 heavy (non-hydrogen) atoms. The summed E-state index contributed by atoms with van der Waals surface area (Å²) in [6.07, 6.45) is -0.424. The van der Waals surface area contributed by atoms with E-state index >= 15 is 0 Å². The van der Waals surface area contributed by atoms with Crippen LogP contribution in [0.15, 0.2) is 53.4 Å². The number of nitrogens with one attached hydrogen (secondary N) is 1. The normalized spacial score (nSPS) is 21.5. The van der Waals surface area contributed by atoms with Crippen molar-refractivity contribution in [1.82, 2.24) is 10.2 Å². The molecule has 2 aromatic rings. The number of hydrogen-bond donors (Lipinski definition) is 1. The molecule has 3 aliphatic rings. The molecular formula is C25H29F2N3O4S. The van der Waals surface area contributed by atoms with E-state index in [0.29, 0.717) is 50.7 Å². The van der Waals surface area contributed by atoms with Crippen molar-refractivity contribution in [3.05, 3.63) is 59.7 Å². The molecule has 1 unspecified atom stereocenters. The molecule has 0 radical (unpaired) electrons. The summed E-state index contributed by atoms with van der Waals surface area (Å²) in [6.45, 7) is 3.33. The Kier molecular flexibility index (Phi) is 6.43. The van der Waals surface area contributed by atoms with Gasteiger partial charge in [0.05, 0.1) is 17.2 Å². The summed E-state index contributed by atoms with van der Waals surface area (Å²) in [5.41, 5.74) is 0.955. The third kappa shape index (κ3) is 4.49. The minimum atomic E-state index is -3.93. The van der Waals surface area contributed by atoms with Gasteiger partial charge in [-0.1, -0.05) is 30.3 Å². The van der Waals surface area contributed by atoms with Crippen molar-refractivity contribution in [2.75, 3.05) is 43.7 Å². The van der Waals surface area contributed by atoms with Crippen molar-refractivity contribution in [1.29, 1.82) is 0 Å². The molecule has 3 aliphatic heterocycles. The van der Waals surface area contributed by atoms with E-state index in [0.717, 1.165) is 30.7 Å². The topological polar surface area (TPSA) is 79.0 Å². The van der Waals surface area contributed by atoms with Crippen LogP contribution in [0.2, 0.25) is 0 Å². The van der Waals surface area contributed by atoms with E-state index in [2.05, 4.69) is 5.32 Å². The zero-order valence-corrected chi connectivity index (χ0v) is 20.1. The molecule has 5 rings (SSSR count). The molecule has 2 fully saturated rings. The molecule has 0 aliphatic carbocycles. The number of anilines is 1. The van der Waals surface area contributed by atoms with Crippen LogP contribution < -0.4 is 9.62 Å². The minimum Gasteiger partial charge on any atom is -0.381 e. The maximum atomic E-state index is 13.5. The number of benzene rings is 2. The largest absolute Gasteiger partial charge is 0.381 e. The molecule has 2 amide bonds. The van der Waals surface area contributed by atoms with Crippen LogP contribution in [0.4, 0.5) is 19.3 Å². The highest BCUT2D eigenvalue weighted by Gasteiger charge is 2.48. The monoisotopic (exact) mass is 505 g/mol. The summed E-state index contributed by atoms with van der Waals surface area (Å²) in [7, 11) is -3.93. The number of likely N-dealkylation sites (tertiary alicyclic amines) is 1. The number of para-hydroxylation sites is 1. The fourth-order valence-corrected chi connectivity index (χ4v) is 6.93. The van der Waals surface area contributed by atoms with Gasteiger partial charge >= 0.3 is 6.03 Å². The lowest BCUT2D eigenvalue weighted by atomic mass is 9.74. The Labute approximate surface area is 204 Å². The highest BCUT2D eigenvalue weighted by atomic mass is 32.2. The van der Waals surface area contributed by atoms with E-state index in [1.54, 1.807) is 17.0 Å². The number of carbonyl (C=O) groups excluding carboxylic acids is 1. The molecule has 1 spiro atoms. The minimum absolute atomic E-state index is 0.0125. The van der Waals surface area contributed by atoms with Crippen molar-refractivity contribution in [2.24, 2.45) is 5.92 Å². The van der Waals surface area contributed by atoms with E-state index in [9.17, 15) is 22.0 Å². The molecule has 2 aromatic carbocycles. The Morgan fingerprint density at radius 3 is 2.49 bits per heavy atom. The zero-order valence-electron chi connectivity index (χ0n) is 19.3. The van der Waals surface area contributed by atoms with Crippen LogP contribution in [-0.2, 0) is 20.2 Å². The van der Waals surface area contributed by atoms with Gasteiger partial charge in [0, 0.05) is 49.7 Å². The first kappa shape index (κ1) is 24.0. The SMILES string of the molecule is O=C(NCC1CCOC1)N1CCC2(CC1)CN(S(=O)(=O)c1ccc(C(F)F)cc1)c1ccccc12. The van der Waals surface area contributed by atoms with Crippen molar-refractivity contribution in [3.63, 3.8) is 0 Å². The van der Waals surface area contributed by atoms with E-state index in [1.807, 2.05) is 12.1 Å². The van der Waals surface area contributed by atoms with Gasteiger partial charge in [0.25, 0.3) is 16.4 Å². The second-order valence-corrected chi connectivity index (χ2v) is 11.4. The Balaban J connectivity index is 1.32. The quantitative estimate of drug-likeness (QED) is 0.668. The third-order valence-corrected chi connectivity index (χ3v) is 9.26. The van der Waals surface area contributed by atoms with Gasteiger partial charge < -0.3 is 15.0 Å². The number of rotatable bonds is 5. The van der Waals surface area contributed by atoms with Gasteiger partial charge in [0.1, 0.15) is 0 Å². The molecule has 10 heteroatoms. The molecule has 0 saturated carbocycles. The predicted octanol–water partition coefficient (Wildman–Crippen LogP) is 3.91. The number of fused-ring (bicyclic) bond motifs is 2. The van der Waals surface area contributed by atoms with Crippen molar-refractivity contribution in [2.45, 2.75) is 36.0 Å². The Morgan fingerprint density at radius 1 is 1.11 bits per heavy atom. The maximum Gasteiger partial charge on any atom is 0.317 e. The molecule has 2 saturated heterocycles. The molecule has 0 aromatic heterocycles. The molecule has 3 heterocycles. The molecule has 0 bridgehead atoms. The number of sulfonamides is 1. The number of alkyl halides is 2. The molecule has 1 atom stereocenters. The lowest BCUT2D eigenvalue weighted by Gasteiger charge is -2.39. The maximum absolute atomic E-state index is 13.5. The first-order valence-electron chi connectivity index (χ1n) is 11.9. The van der Waals surface area contributed by atoms with Gasteiger partial charge in [-0.25, -0.2) is 22.0 Å². The lowest BCUT2D eigenvalue weighted by molar-refractivity contribution is 0.151. The van der Waals surface area contributed by atoms with Crippen molar-refractivity contribution < 1.29 is 26.7 Å². The standard InChI is InChI=1S/C25H29F2N3O4S/c26-23(27)19-5-7-20(8-6-19)35(32,33)30-17-25(21-3-1-2-4-22(21)30)10-12-29(13-11-25)24(31)28-15-18-9-14-34-16-18/h1-8,18,23H,9-17H2,(H,28,31). The molecule has 1 N–H and O–H groups in total. The van der Waals surface area contributed by atoms with Gasteiger partial charge in [-0.05, 0) is 43.0 Å². The first-order chi connectivity index (χ1) is 16.8. The summed E-state index contributed by atoms with van der Waals surface area (Å²) in [6, 6.07) is 12.2. The summed E-state index contributed by atoms with van der Waals surface area (Å²) in [5.74, 6) is 0.352. The summed E-state index contributed by atoms with van der Waals surface area (Å²) < 4.78 is 59.7. The smallest absolute Gasteiger partial charge is 0.317 e. The fourth-order valence-electron chi connectivity index (χ4n) is 5.36. The van der Waals surface area contributed by atoms with E-state index in [4.69, 9.17) is 4.74 Å². The third-order valence-electron chi connectivity index (χ3n) is 7.48. The Hall–Kier alpha value is -2.72. The van der Waals surface area contributed by atoms with Crippen LogP contribution in [0.3, 0.4) is 0 Å². The average molecular weight is 506 g/mol. The Bertz CT molecular complexity index is 1180. The predicted molar refractivity (Wildman–Crippen MR) is 127 cm³/mol. The van der Waals surface area contributed by atoms with Gasteiger partial charge in [0.15, 0.2) is 0 Å². The first-order valence-corrected chi connectivity index (χ1v) is 13.4. The summed E-state index contributed by atoms with van der Waals surface area (Å²) in [4.78, 5) is 14.5. The van der Waals surface area contributed by atoms with Crippen LogP contribution in [-0.4, -0.2) is 58.7 Å². The highest BCUT2D eigenvalue weighted by Crippen LogP contribution is 2.48. The van der Waals surface area contributed by atoms with E-state index in [-0.39, 0.29) is 23.0 Å². The van der Waals surface area contributed by atoms with Crippen molar-refractivity contribution >= 4 is 21.7 Å². The number of piperidine rings is 1. The average Bonchev–Trinajstić information content (AvgIpc) is 3.50. The number of nitrogens with zero attached hydrogens (tertiary/aromatic N) is 2. The highest BCUT2D eigenvalue weighted by molar-refractivity contribution is 7.92. The van der Waals surface area contributed by atoms with Crippen LogP contribution in [0.5, 0.6) is 0 Å². The lowest BCUT2D eigenvalue weighted by Crippen LogP contribution is -2.51. The van der Waals surface area contributed by atoms with Crippen molar-refractivity contribution in [3.8, 4) is 0 Å². The van der Waals surface area contributed by atoms with E-state index in [1.165, 1.54) is 16.4 Å². The van der Waals surface area contributed by atoms with Crippen LogP contribution in [0.25, 0.3) is 0 Å². The number of carbonyl (C=O) groups is 1. The number of hydrogen-bond acceptors (Lipinski definition) is 4. The number of halogens is 2. The van der Waals surface area contributed by atoms with Crippen LogP contribution >= 0.6 is 0 Å². The number of amides is 2. The molecule has 188 valence electrons. The van der Waals surface area contributed by atoms with Gasteiger partial charge in [0.2, 0.25) is 0 Å². The van der Waals surface area contributed by atoms with Crippen LogP contribution in [0.1, 0.15) is 36.8 Å². The van der Waals surface area contributed by atoms with Gasteiger partial charge in [-0.15, -0.1) is 0 Å². The van der Waals surface area contributed by atoms with E-state index < -0.39 is 21.9 Å². The summed E-state index contributed by atoms with van der Waals surface area (Å²) in [5, 5.41) is 3.01. The number of ether oxygens (including phenoxy) is 1. The zero-order chi connectivity index (χ0) is 24.6. The molecular weight excluding hydrogens is 476 g/mol. The second kappa shape index (κ2) is 9.39. The van der Waals surface area contributed by atoms with Crippen LogP contribution in [0, 0.1) is 5.92 Å². The molecule has 7 nitrogen and oxygen atoms in total. The fraction of sp³-hybridized carbons (Fsp3) is 0.480. The summed E-state index contributed by atoms with van der Waals surface area (Å²) >= 11 is 0. The number of urea groups is 1. The van der Waals surface area contributed by atoms with Gasteiger partial charge in [-0.2, -0.15) is 0 Å². The Morgan fingerprint density at radius 2 is 1.83 bits per heavy atom. The second-order valence-electron chi connectivity index (χ2n) is 9.58. The van der Waals surface area contributed by atoms with Gasteiger partial charge in [-0.3, -0.25) is 4.31 Å².